The SMILES string of the molecule is C(C=Cc1ccccc1)=Cc1ccccc1.CCCCC1=[C-]CC=C1.CCCCC1=[C-]CC=C1.O=C[NH][InH][NH]C=O.[Zr+2]. The molecule has 2 aromatic rings. The number of allylic oxidation sites excluding steroid dienone is 10. The molecular formula is C36H45InN2O2Zr. The van der Waals surface area contributed by atoms with E-state index < -0.39 is 23.5 Å². The maximum atomic E-state index is 9.47. The van der Waals surface area contributed by atoms with Gasteiger partial charge in [0.15, 0.2) is 0 Å². The van der Waals surface area contributed by atoms with Crippen molar-refractivity contribution in [3.8, 4) is 0 Å². The smallest absolute Gasteiger partial charge is 2.00 e. The van der Waals surface area contributed by atoms with Gasteiger partial charge in [-0.2, -0.15) is 12.2 Å². The third kappa shape index (κ3) is 23.2. The van der Waals surface area contributed by atoms with Crippen molar-refractivity contribution in [2.24, 2.45) is 0 Å². The molecule has 218 valence electrons. The van der Waals surface area contributed by atoms with Gasteiger partial charge in [0.1, 0.15) is 0 Å². The first-order valence-corrected chi connectivity index (χ1v) is 18.6. The Balaban J connectivity index is 0.000000562. The zero-order valence-electron chi connectivity index (χ0n) is 25.2. The fraction of sp³-hybridized carbons (Fsp3) is 0.278. The standard InChI is InChI=1S/C16H14.2C9H13.2CH3NO.In.Zr.H/c1-3-9-15(10-4-1)13-7-8-14-16-11-5-2-6-12-16;2*1-2-3-6-9-7-4-5-8-9;2*2-1-3;;;/h1-14H;2*4,7H,2-3,5-6H2,1H3;2*1H,(H2,2,3);;;/q;2*-1;;;2*+2;/p-2. The minimum Gasteiger partial charge on any atom is 2.00 e. The Morgan fingerprint density at radius 3 is 1.40 bits per heavy atom. The zero-order chi connectivity index (χ0) is 29.6. The number of carbonyl (C=O) groups excluding carboxylic acids is 2. The van der Waals surface area contributed by atoms with E-state index in [4.69, 9.17) is 0 Å². The number of rotatable bonds is 13. The topological polar surface area (TPSA) is 58.2 Å². The van der Waals surface area contributed by atoms with Crippen molar-refractivity contribution in [1.29, 1.82) is 0 Å². The summed E-state index contributed by atoms with van der Waals surface area (Å²) in [5, 5.41) is 0. The summed E-state index contributed by atoms with van der Waals surface area (Å²) in [6, 6.07) is 20.6. The van der Waals surface area contributed by atoms with E-state index in [1.54, 1.807) is 0 Å². The summed E-state index contributed by atoms with van der Waals surface area (Å²) in [6.45, 7) is 4.44. The van der Waals surface area contributed by atoms with Gasteiger partial charge in [-0.25, -0.2) is 23.3 Å². The van der Waals surface area contributed by atoms with Crippen LogP contribution in [0, 0.1) is 12.2 Å². The van der Waals surface area contributed by atoms with E-state index in [1.165, 1.54) is 60.8 Å². The predicted molar refractivity (Wildman–Crippen MR) is 177 cm³/mol. The normalized spacial score (nSPS) is 12.3. The fourth-order valence-electron chi connectivity index (χ4n) is 3.58. The molecule has 2 amide bonds. The average Bonchev–Trinajstić information content (AvgIpc) is 3.75. The minimum absolute atomic E-state index is 0. The molecule has 2 aliphatic rings. The van der Waals surface area contributed by atoms with Crippen LogP contribution in [0.15, 0.2) is 108 Å². The third-order valence-electron chi connectivity index (χ3n) is 5.79. The third-order valence-corrected chi connectivity index (χ3v) is 7.91. The molecule has 0 radical (unpaired) electrons. The molecule has 0 aliphatic heterocycles. The molecule has 0 saturated carbocycles. The monoisotopic (exact) mass is 742 g/mol. The van der Waals surface area contributed by atoms with Gasteiger partial charge >= 0.3 is 78.7 Å². The van der Waals surface area contributed by atoms with Gasteiger partial charge in [0, 0.05) is 0 Å². The molecule has 0 aromatic heterocycles. The molecule has 0 heterocycles. The van der Waals surface area contributed by atoms with Crippen LogP contribution in [-0.4, -0.2) is 36.3 Å². The number of carbonyl (C=O) groups is 2. The molecule has 2 aliphatic carbocycles. The van der Waals surface area contributed by atoms with Crippen LogP contribution in [-0.2, 0) is 35.8 Å². The fourth-order valence-corrected chi connectivity index (χ4v) is 4.39. The zero-order valence-corrected chi connectivity index (χ0v) is 31.7. The van der Waals surface area contributed by atoms with E-state index in [0.29, 0.717) is 12.8 Å². The maximum absolute atomic E-state index is 9.47. The molecule has 0 unspecified atom stereocenters. The van der Waals surface area contributed by atoms with Crippen molar-refractivity contribution in [2.75, 3.05) is 0 Å². The van der Waals surface area contributed by atoms with Crippen molar-refractivity contribution in [1.82, 2.24) is 6.61 Å². The molecule has 0 atom stereocenters. The maximum Gasteiger partial charge on any atom is 2.00 e. The first-order valence-electron chi connectivity index (χ1n) is 14.5. The first-order chi connectivity index (χ1) is 20.2. The van der Waals surface area contributed by atoms with Crippen LogP contribution in [0.5, 0.6) is 0 Å². The molecule has 0 fully saturated rings. The molecule has 6 heteroatoms. The average molecular weight is 744 g/mol. The van der Waals surface area contributed by atoms with Crippen LogP contribution < -0.4 is 6.61 Å². The molecular weight excluding hydrogens is 698 g/mol. The van der Waals surface area contributed by atoms with Crippen molar-refractivity contribution in [2.45, 2.75) is 65.2 Å². The largest absolute Gasteiger partial charge is 2.00 e. The summed E-state index contributed by atoms with van der Waals surface area (Å²) < 4.78 is 4.87. The molecule has 0 saturated heterocycles. The number of hydrogen-bond donors (Lipinski definition) is 2. The van der Waals surface area contributed by atoms with Gasteiger partial charge < -0.3 is 0 Å². The van der Waals surface area contributed by atoms with E-state index in [-0.39, 0.29) is 26.2 Å². The number of amides is 2. The van der Waals surface area contributed by atoms with Crippen molar-refractivity contribution < 1.29 is 35.8 Å². The Morgan fingerprint density at radius 1 is 0.690 bits per heavy atom. The van der Waals surface area contributed by atoms with Gasteiger partial charge in [-0.1, -0.05) is 137 Å². The van der Waals surface area contributed by atoms with Crippen LogP contribution in [0.4, 0.5) is 0 Å². The van der Waals surface area contributed by atoms with Gasteiger partial charge in [0.05, 0.1) is 0 Å². The Hall–Kier alpha value is -2.43. The quantitative estimate of drug-likeness (QED) is 0.0950. The second kappa shape index (κ2) is 30.0. The Labute approximate surface area is 285 Å². The molecule has 2 N–H and O–H groups in total. The summed E-state index contributed by atoms with van der Waals surface area (Å²) in [4.78, 5) is 18.9. The van der Waals surface area contributed by atoms with Gasteiger partial charge in [-0.15, -0.1) is 12.8 Å². The van der Waals surface area contributed by atoms with E-state index >= 15 is 0 Å². The van der Waals surface area contributed by atoms with Gasteiger partial charge in [0.25, 0.3) is 0 Å². The van der Waals surface area contributed by atoms with Crippen LogP contribution in [0.1, 0.15) is 76.3 Å². The summed E-state index contributed by atoms with van der Waals surface area (Å²) >= 11 is -1.35. The molecule has 42 heavy (non-hydrogen) atoms. The van der Waals surface area contributed by atoms with E-state index in [0.717, 1.165) is 12.8 Å². The second-order valence-corrected chi connectivity index (χ2v) is 12.5. The van der Waals surface area contributed by atoms with Crippen molar-refractivity contribution in [3.05, 3.63) is 132 Å². The van der Waals surface area contributed by atoms with E-state index in [9.17, 15) is 9.59 Å². The summed E-state index contributed by atoms with van der Waals surface area (Å²) in [6.07, 6.45) is 34.6. The Morgan fingerprint density at radius 2 is 1.10 bits per heavy atom. The molecule has 2 aromatic carbocycles. The molecule has 0 bridgehead atoms. The van der Waals surface area contributed by atoms with Crippen LogP contribution in [0.2, 0.25) is 0 Å². The first kappa shape index (κ1) is 39.6. The van der Waals surface area contributed by atoms with Crippen LogP contribution in [0.25, 0.3) is 12.2 Å². The number of unbranched alkanes of at least 4 members (excludes halogenated alkanes) is 2. The number of nitrogens with one attached hydrogen (secondary N) is 2. The number of hydrogen-bond acceptors (Lipinski definition) is 2. The number of benzene rings is 2. The second-order valence-electron chi connectivity index (χ2n) is 9.18. The Bertz CT molecular complexity index is 1030. The van der Waals surface area contributed by atoms with Crippen LogP contribution >= 0.6 is 0 Å². The summed E-state index contributed by atoms with van der Waals surface area (Å²) in [5.41, 5.74) is 5.27. The minimum atomic E-state index is -1.35. The Kier molecular flexibility index (Phi) is 28.3. The molecule has 4 rings (SSSR count). The van der Waals surface area contributed by atoms with Crippen LogP contribution in [0.3, 0.4) is 0 Å². The van der Waals surface area contributed by atoms with E-state index in [2.05, 4.69) is 105 Å². The summed E-state index contributed by atoms with van der Waals surface area (Å²) in [7, 11) is 0. The summed E-state index contributed by atoms with van der Waals surface area (Å²) in [5.74, 6) is 0. The van der Waals surface area contributed by atoms with Gasteiger partial charge in [-0.05, 0) is 11.1 Å². The van der Waals surface area contributed by atoms with Crippen molar-refractivity contribution in [3.63, 3.8) is 0 Å². The molecule has 4 nitrogen and oxygen atoms in total. The van der Waals surface area contributed by atoms with Gasteiger partial charge in [0.2, 0.25) is 0 Å². The van der Waals surface area contributed by atoms with Gasteiger partial charge in [-0.3, -0.25) is 12.2 Å². The van der Waals surface area contributed by atoms with E-state index in [1.807, 2.05) is 36.4 Å². The molecule has 0 spiro atoms. The predicted octanol–water partition coefficient (Wildman–Crippen LogP) is 7.89. The van der Waals surface area contributed by atoms with Crippen molar-refractivity contribution >= 4 is 48.5 Å².